The van der Waals surface area contributed by atoms with Crippen LogP contribution in [0.25, 0.3) is 11.2 Å². The Bertz CT molecular complexity index is 671. The van der Waals surface area contributed by atoms with Crippen molar-refractivity contribution in [2.45, 2.75) is 17.9 Å². The van der Waals surface area contributed by atoms with E-state index in [1.807, 2.05) is 0 Å². The normalized spacial score (nSPS) is 31.1. The second kappa shape index (κ2) is 4.32. The first kappa shape index (κ1) is 12.6. The molecule has 0 unspecified atom stereocenters. The topological polar surface area (TPSA) is 116 Å². The van der Waals surface area contributed by atoms with E-state index < -0.39 is 24.5 Å². The zero-order valence-corrected chi connectivity index (χ0v) is 10.5. The highest BCUT2D eigenvalue weighted by molar-refractivity contribution is 7.71. The summed E-state index contributed by atoms with van der Waals surface area (Å²) in [7, 11) is 0. The minimum atomic E-state index is -1.48. The second-order valence-electron chi connectivity index (χ2n) is 4.35. The summed E-state index contributed by atoms with van der Waals surface area (Å²) in [5, 5.41) is 29.3. The summed E-state index contributed by atoms with van der Waals surface area (Å²) in [6, 6.07) is 0. The summed E-state index contributed by atoms with van der Waals surface area (Å²) in [4.78, 5) is 10.8. The largest absolute Gasteiger partial charge is 0.391 e. The minimum absolute atomic E-state index is 0.0762. The fraction of sp³-hybridized carbons (Fsp3) is 0.500. The van der Waals surface area contributed by atoms with Crippen LogP contribution in [0.5, 0.6) is 0 Å². The van der Waals surface area contributed by atoms with Gasteiger partial charge in [0, 0.05) is 0 Å². The molecule has 1 saturated heterocycles. The van der Waals surface area contributed by atoms with E-state index >= 15 is 0 Å². The number of fused-ring (bicyclic) bond motifs is 1. The molecule has 9 heteroatoms. The van der Waals surface area contributed by atoms with Crippen LogP contribution in [-0.4, -0.2) is 60.3 Å². The first-order valence-electron chi connectivity index (χ1n) is 5.62. The zero-order chi connectivity index (χ0) is 13.6. The molecule has 0 aromatic carbocycles. The van der Waals surface area contributed by atoms with Crippen molar-refractivity contribution in [1.29, 1.82) is 0 Å². The Labute approximate surface area is 112 Å². The maximum atomic E-state index is 10.1. The Morgan fingerprint density at radius 2 is 2.32 bits per heavy atom. The number of ether oxygens (including phenoxy) is 1. The molecule has 102 valence electrons. The predicted octanol–water partition coefficient (Wildman–Crippen LogP) is -1.11. The number of aliphatic hydroxyl groups is 3. The summed E-state index contributed by atoms with van der Waals surface area (Å²) in [6.07, 6.45) is 0.432. The molecule has 0 aliphatic carbocycles. The summed E-state index contributed by atoms with van der Waals surface area (Å²) < 4.78 is 7.14. The summed E-state index contributed by atoms with van der Waals surface area (Å²) >= 11 is 5.04. The van der Waals surface area contributed by atoms with Crippen LogP contribution < -0.4 is 0 Å². The molecule has 0 bridgehead atoms. The third-order valence-electron chi connectivity index (χ3n) is 3.32. The average molecular weight is 284 g/mol. The molecule has 3 atom stereocenters. The molecular weight excluding hydrogens is 272 g/mol. The quantitative estimate of drug-likeness (QED) is 0.516. The van der Waals surface area contributed by atoms with Crippen molar-refractivity contribution in [3.05, 3.63) is 17.3 Å². The monoisotopic (exact) mass is 284 g/mol. The molecule has 4 N–H and O–H groups in total. The van der Waals surface area contributed by atoms with Gasteiger partial charge in [-0.15, -0.1) is 0 Å². The van der Waals surface area contributed by atoms with Gasteiger partial charge in [-0.05, 0) is 0 Å². The number of aromatic amines is 1. The van der Waals surface area contributed by atoms with Crippen molar-refractivity contribution in [2.24, 2.45) is 0 Å². The van der Waals surface area contributed by atoms with Gasteiger partial charge >= 0.3 is 0 Å². The first-order valence-corrected chi connectivity index (χ1v) is 6.03. The Morgan fingerprint density at radius 1 is 1.53 bits per heavy atom. The van der Waals surface area contributed by atoms with Crippen LogP contribution in [0.15, 0.2) is 12.7 Å². The van der Waals surface area contributed by atoms with Gasteiger partial charge in [-0.25, -0.2) is 9.97 Å². The Hall–Kier alpha value is -1.39. The van der Waals surface area contributed by atoms with E-state index in [2.05, 4.69) is 15.0 Å². The fourth-order valence-electron chi connectivity index (χ4n) is 2.28. The predicted molar refractivity (Wildman–Crippen MR) is 65.7 cm³/mol. The number of hydrogen-bond donors (Lipinski definition) is 4. The van der Waals surface area contributed by atoms with Crippen molar-refractivity contribution in [3.8, 4) is 0 Å². The number of rotatable bonds is 2. The Balaban J connectivity index is 2.23. The number of H-pyrrole nitrogens is 1. The molecule has 0 amide bonds. The zero-order valence-electron chi connectivity index (χ0n) is 9.72. The molecule has 0 saturated carbocycles. The third kappa shape index (κ3) is 1.63. The molecule has 2 aromatic rings. The van der Waals surface area contributed by atoms with Gasteiger partial charge in [0.2, 0.25) is 0 Å². The molecule has 8 nitrogen and oxygen atoms in total. The van der Waals surface area contributed by atoms with Crippen LogP contribution in [0, 0.1) is 4.64 Å². The third-order valence-corrected chi connectivity index (χ3v) is 3.62. The van der Waals surface area contributed by atoms with Crippen LogP contribution in [0.3, 0.4) is 0 Å². The molecule has 1 aliphatic heterocycles. The number of nitrogens with one attached hydrogen (secondary N) is 1. The van der Waals surface area contributed by atoms with E-state index in [1.165, 1.54) is 17.2 Å². The van der Waals surface area contributed by atoms with Gasteiger partial charge in [0.1, 0.15) is 23.4 Å². The molecule has 3 heterocycles. The molecule has 19 heavy (non-hydrogen) atoms. The maximum absolute atomic E-state index is 10.1. The number of hydrogen-bond acceptors (Lipinski definition) is 7. The number of imidazole rings is 1. The van der Waals surface area contributed by atoms with Gasteiger partial charge in [0.25, 0.3) is 0 Å². The van der Waals surface area contributed by atoms with Crippen molar-refractivity contribution in [3.63, 3.8) is 0 Å². The lowest BCUT2D eigenvalue weighted by Crippen LogP contribution is -2.48. The summed E-state index contributed by atoms with van der Waals surface area (Å²) in [5.74, 6) is 0. The summed E-state index contributed by atoms with van der Waals surface area (Å²) in [6.45, 7) is -0.590. The molecule has 3 rings (SSSR count). The number of nitrogens with zero attached hydrogens (tertiary/aromatic N) is 3. The standard InChI is InChI=1S/C10H12N4O4S/c15-2-10(7(17)5(16)1-18-10)14-4-13-6-8(14)11-3-12-9(6)19/h3-5,7,15-17H,1-2H2,(H,11,12,19)/t5-,7-,10-/m0/s1. The highest BCUT2D eigenvalue weighted by Crippen LogP contribution is 2.33. The SMILES string of the molecule is OC[C@]1(n2cnc3c(=S)nc[nH]c32)OC[C@H](O)[C@@H]1O. The Kier molecular flexibility index (Phi) is 2.87. The van der Waals surface area contributed by atoms with Crippen molar-refractivity contribution < 1.29 is 20.1 Å². The maximum Gasteiger partial charge on any atom is 0.199 e. The molecule has 1 aliphatic rings. The number of aliphatic hydroxyl groups excluding tert-OH is 3. The lowest BCUT2D eigenvalue weighted by Gasteiger charge is -2.31. The van der Waals surface area contributed by atoms with Gasteiger partial charge in [0.05, 0.1) is 25.9 Å². The van der Waals surface area contributed by atoms with Crippen LogP contribution in [0.2, 0.25) is 0 Å². The van der Waals surface area contributed by atoms with Gasteiger partial charge in [-0.3, -0.25) is 4.57 Å². The molecular formula is C10H12N4O4S. The highest BCUT2D eigenvalue weighted by Gasteiger charge is 2.51. The van der Waals surface area contributed by atoms with E-state index in [0.717, 1.165) is 0 Å². The minimum Gasteiger partial charge on any atom is -0.391 e. The van der Waals surface area contributed by atoms with Crippen LogP contribution >= 0.6 is 12.2 Å². The second-order valence-corrected chi connectivity index (χ2v) is 4.73. The van der Waals surface area contributed by atoms with Gasteiger partial charge in [0.15, 0.2) is 10.4 Å². The van der Waals surface area contributed by atoms with E-state index in [4.69, 9.17) is 17.0 Å². The average Bonchev–Trinajstić information content (AvgIpc) is 2.96. The smallest absolute Gasteiger partial charge is 0.199 e. The van der Waals surface area contributed by atoms with Crippen LogP contribution in [-0.2, 0) is 10.5 Å². The lowest BCUT2D eigenvalue weighted by molar-refractivity contribution is -0.149. The fourth-order valence-corrected chi connectivity index (χ4v) is 2.48. The highest BCUT2D eigenvalue weighted by atomic mass is 32.1. The van der Waals surface area contributed by atoms with E-state index in [-0.39, 0.29) is 6.61 Å². The lowest BCUT2D eigenvalue weighted by atomic mass is 10.1. The van der Waals surface area contributed by atoms with E-state index in [1.54, 1.807) is 0 Å². The van der Waals surface area contributed by atoms with Gasteiger partial charge in [-0.2, -0.15) is 0 Å². The van der Waals surface area contributed by atoms with Crippen molar-refractivity contribution >= 4 is 23.4 Å². The molecule has 0 spiro atoms. The number of aromatic nitrogens is 4. The van der Waals surface area contributed by atoms with Crippen LogP contribution in [0.4, 0.5) is 0 Å². The van der Waals surface area contributed by atoms with Gasteiger partial charge < -0.3 is 25.0 Å². The molecule has 0 radical (unpaired) electrons. The van der Waals surface area contributed by atoms with Crippen LogP contribution in [0.1, 0.15) is 0 Å². The first-order chi connectivity index (χ1) is 9.10. The van der Waals surface area contributed by atoms with Gasteiger partial charge in [-0.1, -0.05) is 12.2 Å². The van der Waals surface area contributed by atoms with Crippen molar-refractivity contribution in [2.75, 3.05) is 13.2 Å². The molecule has 2 aromatic heterocycles. The van der Waals surface area contributed by atoms with Crippen molar-refractivity contribution in [1.82, 2.24) is 19.5 Å². The molecule has 1 fully saturated rings. The summed E-state index contributed by atoms with van der Waals surface area (Å²) in [5.41, 5.74) is -0.585. The van der Waals surface area contributed by atoms with E-state index in [9.17, 15) is 15.3 Å². The Morgan fingerprint density at radius 3 is 2.95 bits per heavy atom. The van der Waals surface area contributed by atoms with E-state index in [0.29, 0.717) is 15.8 Å².